The van der Waals surface area contributed by atoms with Crippen LogP contribution in [0.2, 0.25) is 5.02 Å². The molecule has 0 saturated carbocycles. The van der Waals surface area contributed by atoms with Crippen molar-refractivity contribution >= 4 is 40.5 Å². The number of fused-ring (bicyclic) bond motifs is 1. The van der Waals surface area contributed by atoms with Gasteiger partial charge in [-0.1, -0.05) is 11.6 Å². The first kappa shape index (κ1) is 16.9. The van der Waals surface area contributed by atoms with Crippen LogP contribution in [0.1, 0.15) is 22.8 Å². The van der Waals surface area contributed by atoms with E-state index in [-0.39, 0.29) is 22.2 Å². The number of likely N-dealkylation sites (N-methyl/N-ethyl adjacent to an activating group) is 1. The zero-order chi connectivity index (χ0) is 18.1. The second-order valence-corrected chi connectivity index (χ2v) is 5.94. The van der Waals surface area contributed by atoms with Crippen LogP contribution in [0.25, 0.3) is 0 Å². The van der Waals surface area contributed by atoms with Gasteiger partial charge in [-0.3, -0.25) is 19.7 Å². The van der Waals surface area contributed by atoms with Crippen LogP contribution in [0.3, 0.4) is 0 Å². The Bertz CT molecular complexity index is 897. The maximum atomic E-state index is 12.3. The molecule has 128 valence electrons. The maximum Gasteiger partial charge on any atom is 0.288 e. The van der Waals surface area contributed by atoms with Gasteiger partial charge in [0.2, 0.25) is 5.91 Å². The fourth-order valence-corrected chi connectivity index (χ4v) is 2.99. The van der Waals surface area contributed by atoms with E-state index in [0.29, 0.717) is 18.7 Å². The highest BCUT2D eigenvalue weighted by Crippen LogP contribution is 2.31. The summed E-state index contributed by atoms with van der Waals surface area (Å²) in [6.45, 7) is 2.49. The number of hydrogen-bond donors (Lipinski definition) is 1. The Balaban J connectivity index is 1.83. The van der Waals surface area contributed by atoms with Crippen molar-refractivity contribution in [1.82, 2.24) is 0 Å². The molecule has 1 heterocycles. The minimum absolute atomic E-state index is 0.0225. The van der Waals surface area contributed by atoms with Crippen LogP contribution in [-0.4, -0.2) is 23.3 Å². The summed E-state index contributed by atoms with van der Waals surface area (Å²) in [5.41, 5.74) is 2.00. The van der Waals surface area contributed by atoms with E-state index in [0.717, 1.165) is 17.3 Å². The fraction of sp³-hybridized carbons (Fsp3) is 0.176. The highest BCUT2D eigenvalue weighted by Gasteiger charge is 2.26. The molecule has 0 aromatic heterocycles. The predicted molar refractivity (Wildman–Crippen MR) is 94.2 cm³/mol. The van der Waals surface area contributed by atoms with Crippen LogP contribution in [0, 0.1) is 10.1 Å². The second kappa shape index (κ2) is 6.52. The highest BCUT2D eigenvalue weighted by atomic mass is 35.5. The molecule has 1 aliphatic heterocycles. The molecule has 2 aromatic rings. The van der Waals surface area contributed by atoms with Gasteiger partial charge >= 0.3 is 0 Å². The summed E-state index contributed by atoms with van der Waals surface area (Å²) >= 11 is 5.75. The summed E-state index contributed by atoms with van der Waals surface area (Å²) in [6.07, 6.45) is 0.291. The third kappa shape index (κ3) is 3.18. The number of amides is 2. The number of benzene rings is 2. The summed E-state index contributed by atoms with van der Waals surface area (Å²) in [5.74, 6) is -0.467. The molecule has 0 aliphatic carbocycles. The third-order valence-electron chi connectivity index (χ3n) is 3.99. The molecule has 1 N–H and O–H groups in total. The van der Waals surface area contributed by atoms with Gasteiger partial charge in [-0.25, -0.2) is 0 Å². The number of carbonyl (C=O) groups excluding carboxylic acids is 2. The Labute approximate surface area is 148 Å². The Morgan fingerprint density at radius 3 is 2.76 bits per heavy atom. The molecule has 7 nitrogen and oxygen atoms in total. The molecular weight excluding hydrogens is 346 g/mol. The van der Waals surface area contributed by atoms with Crippen LogP contribution in [0.5, 0.6) is 0 Å². The lowest BCUT2D eigenvalue weighted by Crippen LogP contribution is -2.25. The van der Waals surface area contributed by atoms with Crippen molar-refractivity contribution in [2.45, 2.75) is 13.3 Å². The van der Waals surface area contributed by atoms with Gasteiger partial charge in [-0.05, 0) is 42.8 Å². The molecule has 25 heavy (non-hydrogen) atoms. The molecule has 2 aromatic carbocycles. The SMILES string of the molecule is CCN1C(=O)Cc2cc(NC(=O)c3ccc(Cl)c([N+](=O)[O-])c3)ccc21. The number of nitrogens with one attached hydrogen (secondary N) is 1. The van der Waals surface area contributed by atoms with Crippen LogP contribution >= 0.6 is 11.6 Å². The third-order valence-corrected chi connectivity index (χ3v) is 4.31. The van der Waals surface area contributed by atoms with E-state index in [2.05, 4.69) is 5.32 Å². The molecule has 1 aliphatic rings. The number of hydrogen-bond acceptors (Lipinski definition) is 4. The molecular formula is C17H14ClN3O4. The number of nitrogens with zero attached hydrogens (tertiary/aromatic N) is 2. The summed E-state index contributed by atoms with van der Waals surface area (Å²) in [4.78, 5) is 36.2. The zero-order valence-corrected chi connectivity index (χ0v) is 14.0. The van der Waals surface area contributed by atoms with E-state index in [4.69, 9.17) is 11.6 Å². The first-order chi connectivity index (χ1) is 11.9. The molecule has 0 atom stereocenters. The predicted octanol–water partition coefficient (Wildman–Crippen LogP) is 3.41. The molecule has 0 saturated heterocycles. The first-order valence-corrected chi connectivity index (χ1v) is 7.97. The lowest BCUT2D eigenvalue weighted by molar-refractivity contribution is -0.384. The molecule has 2 amide bonds. The van der Waals surface area contributed by atoms with E-state index in [1.807, 2.05) is 6.92 Å². The molecule has 0 spiro atoms. The summed E-state index contributed by atoms with van der Waals surface area (Å²) in [6, 6.07) is 9.08. The lowest BCUT2D eigenvalue weighted by Gasteiger charge is -2.15. The average molecular weight is 360 g/mol. The van der Waals surface area contributed by atoms with Crippen molar-refractivity contribution in [2.24, 2.45) is 0 Å². The summed E-state index contributed by atoms with van der Waals surface area (Å²) in [5, 5.41) is 13.6. The minimum Gasteiger partial charge on any atom is -0.322 e. The van der Waals surface area contributed by atoms with E-state index in [1.165, 1.54) is 12.1 Å². The van der Waals surface area contributed by atoms with Crippen LogP contribution in [-0.2, 0) is 11.2 Å². The van der Waals surface area contributed by atoms with Gasteiger partial charge in [0.15, 0.2) is 0 Å². The normalized spacial score (nSPS) is 12.9. The molecule has 3 rings (SSSR count). The lowest BCUT2D eigenvalue weighted by atomic mass is 10.1. The standard InChI is InChI=1S/C17H14ClN3O4/c1-2-20-14-6-4-12(7-11(14)9-16(20)22)19-17(23)10-3-5-13(18)15(8-10)21(24)25/h3-8H,2,9H2,1H3,(H,19,23). The van der Waals surface area contributed by atoms with Gasteiger partial charge in [-0.15, -0.1) is 0 Å². The summed E-state index contributed by atoms with van der Waals surface area (Å²) in [7, 11) is 0. The summed E-state index contributed by atoms with van der Waals surface area (Å²) < 4.78 is 0. The molecule has 0 radical (unpaired) electrons. The van der Waals surface area contributed by atoms with Gasteiger partial charge < -0.3 is 10.2 Å². The average Bonchev–Trinajstić information content (AvgIpc) is 2.89. The number of nitro groups is 1. The molecule has 0 bridgehead atoms. The van der Waals surface area contributed by atoms with Gasteiger partial charge in [0, 0.05) is 29.5 Å². The van der Waals surface area contributed by atoms with E-state index >= 15 is 0 Å². The topological polar surface area (TPSA) is 92.6 Å². The Hall–Kier alpha value is -2.93. The smallest absolute Gasteiger partial charge is 0.288 e. The largest absolute Gasteiger partial charge is 0.322 e. The number of rotatable bonds is 4. The Morgan fingerprint density at radius 2 is 2.08 bits per heavy atom. The first-order valence-electron chi connectivity index (χ1n) is 7.59. The number of halogens is 1. The quantitative estimate of drug-likeness (QED) is 0.668. The second-order valence-electron chi connectivity index (χ2n) is 5.54. The van der Waals surface area contributed by atoms with Crippen molar-refractivity contribution in [2.75, 3.05) is 16.8 Å². The Kier molecular flexibility index (Phi) is 4.41. The van der Waals surface area contributed by atoms with Crippen molar-refractivity contribution in [3.8, 4) is 0 Å². The number of carbonyl (C=O) groups is 2. The van der Waals surface area contributed by atoms with Gasteiger partial charge in [-0.2, -0.15) is 0 Å². The number of nitro benzene ring substituents is 1. The van der Waals surface area contributed by atoms with Crippen LogP contribution in [0.4, 0.5) is 17.1 Å². The zero-order valence-electron chi connectivity index (χ0n) is 13.3. The van der Waals surface area contributed by atoms with Gasteiger partial charge in [0.25, 0.3) is 11.6 Å². The van der Waals surface area contributed by atoms with E-state index in [1.54, 1.807) is 23.1 Å². The molecule has 8 heteroatoms. The monoisotopic (exact) mass is 359 g/mol. The minimum atomic E-state index is -0.639. The molecule has 0 fully saturated rings. The van der Waals surface area contributed by atoms with Crippen LogP contribution in [0.15, 0.2) is 36.4 Å². The van der Waals surface area contributed by atoms with E-state index in [9.17, 15) is 19.7 Å². The van der Waals surface area contributed by atoms with Gasteiger partial charge in [0.05, 0.1) is 11.3 Å². The van der Waals surface area contributed by atoms with Crippen molar-refractivity contribution in [3.63, 3.8) is 0 Å². The van der Waals surface area contributed by atoms with Gasteiger partial charge in [0.1, 0.15) is 5.02 Å². The van der Waals surface area contributed by atoms with Crippen molar-refractivity contribution < 1.29 is 14.5 Å². The highest BCUT2D eigenvalue weighted by molar-refractivity contribution is 6.32. The van der Waals surface area contributed by atoms with E-state index < -0.39 is 10.8 Å². The fourth-order valence-electron chi connectivity index (χ4n) is 2.80. The molecule has 0 unspecified atom stereocenters. The maximum absolute atomic E-state index is 12.3. The Morgan fingerprint density at radius 1 is 1.32 bits per heavy atom. The number of anilines is 2. The van der Waals surface area contributed by atoms with Crippen LogP contribution < -0.4 is 10.2 Å². The van der Waals surface area contributed by atoms with Crippen molar-refractivity contribution in [1.29, 1.82) is 0 Å². The van der Waals surface area contributed by atoms with Crippen molar-refractivity contribution in [3.05, 3.63) is 62.7 Å².